The zero-order chi connectivity index (χ0) is 14.9. The third-order valence-corrected chi connectivity index (χ3v) is 3.30. The predicted molar refractivity (Wildman–Crippen MR) is 63.3 cm³/mol. The number of carbonyl (C=O) groups excluding carboxylic acids is 4. The monoisotopic (exact) mass is 285 g/mol. The summed E-state index contributed by atoms with van der Waals surface area (Å²) in [6.45, 7) is -0.623. The van der Waals surface area contributed by atoms with E-state index in [1.54, 1.807) is 0 Å². The normalized spacial score (nSPS) is 25.9. The van der Waals surface area contributed by atoms with Crippen LogP contribution in [-0.4, -0.2) is 77.6 Å². The van der Waals surface area contributed by atoms with Gasteiger partial charge >= 0.3 is 12.0 Å². The molecule has 110 valence electrons. The van der Waals surface area contributed by atoms with Gasteiger partial charge < -0.3 is 20.1 Å². The van der Waals surface area contributed by atoms with Crippen molar-refractivity contribution in [2.75, 3.05) is 26.7 Å². The third-order valence-electron chi connectivity index (χ3n) is 3.30. The molecule has 2 heterocycles. The molecule has 2 saturated heterocycles. The SMILES string of the molecule is COC(=O)C1CC(O)CN1C(=O)CN1C(=O)CNC1=O. The van der Waals surface area contributed by atoms with Crippen molar-refractivity contribution in [3.63, 3.8) is 0 Å². The summed E-state index contributed by atoms with van der Waals surface area (Å²) in [6.07, 6.45) is -0.746. The lowest BCUT2D eigenvalue weighted by Crippen LogP contribution is -2.47. The summed E-state index contributed by atoms with van der Waals surface area (Å²) in [5, 5.41) is 11.9. The van der Waals surface area contributed by atoms with E-state index in [0.717, 1.165) is 9.80 Å². The van der Waals surface area contributed by atoms with Crippen LogP contribution in [0.4, 0.5) is 4.79 Å². The molecule has 0 saturated carbocycles. The first-order chi connectivity index (χ1) is 9.43. The van der Waals surface area contributed by atoms with E-state index >= 15 is 0 Å². The van der Waals surface area contributed by atoms with Crippen LogP contribution in [0.5, 0.6) is 0 Å². The fourth-order valence-corrected chi connectivity index (χ4v) is 2.29. The minimum absolute atomic E-state index is 0.0255. The number of β-amino-alcohol motifs (C(OH)–C–C–N with tert-alkyl or cyclic N) is 1. The second kappa shape index (κ2) is 5.45. The Morgan fingerprint density at radius 2 is 2.15 bits per heavy atom. The van der Waals surface area contributed by atoms with E-state index in [4.69, 9.17) is 0 Å². The van der Waals surface area contributed by atoms with Crippen LogP contribution in [0.2, 0.25) is 0 Å². The Hall–Kier alpha value is -2.16. The Bertz CT molecular complexity index is 449. The van der Waals surface area contributed by atoms with Crippen molar-refractivity contribution in [1.29, 1.82) is 0 Å². The van der Waals surface area contributed by atoms with Gasteiger partial charge in [-0.25, -0.2) is 9.59 Å². The molecule has 9 nitrogen and oxygen atoms in total. The number of urea groups is 1. The molecule has 4 amide bonds. The van der Waals surface area contributed by atoms with Crippen LogP contribution in [-0.2, 0) is 19.1 Å². The number of hydrogen-bond acceptors (Lipinski definition) is 6. The Morgan fingerprint density at radius 3 is 2.70 bits per heavy atom. The van der Waals surface area contributed by atoms with Crippen molar-refractivity contribution < 1.29 is 29.0 Å². The summed E-state index contributed by atoms with van der Waals surface area (Å²) in [6, 6.07) is -1.53. The molecule has 0 radical (unpaired) electrons. The van der Waals surface area contributed by atoms with Gasteiger partial charge in [0.15, 0.2) is 0 Å². The zero-order valence-electron chi connectivity index (χ0n) is 10.9. The highest BCUT2D eigenvalue weighted by Gasteiger charge is 2.41. The summed E-state index contributed by atoms with van der Waals surface area (Å²) in [5.41, 5.74) is 0. The molecule has 2 N–H and O–H groups in total. The predicted octanol–water partition coefficient (Wildman–Crippen LogP) is -2.33. The van der Waals surface area contributed by atoms with Gasteiger partial charge in [0.2, 0.25) is 5.91 Å². The highest BCUT2D eigenvalue weighted by molar-refractivity contribution is 6.04. The second-order valence-electron chi connectivity index (χ2n) is 4.61. The highest BCUT2D eigenvalue weighted by atomic mass is 16.5. The maximum atomic E-state index is 12.1. The molecule has 9 heteroatoms. The van der Waals surface area contributed by atoms with Gasteiger partial charge in [-0.3, -0.25) is 14.5 Å². The lowest BCUT2D eigenvalue weighted by molar-refractivity contribution is -0.151. The molecule has 0 aromatic rings. The minimum Gasteiger partial charge on any atom is -0.467 e. The van der Waals surface area contributed by atoms with Crippen LogP contribution in [0, 0.1) is 0 Å². The molecule has 2 fully saturated rings. The van der Waals surface area contributed by atoms with Gasteiger partial charge in [-0.15, -0.1) is 0 Å². The molecule has 0 aromatic carbocycles. The van der Waals surface area contributed by atoms with Crippen LogP contribution >= 0.6 is 0 Å². The quantitative estimate of drug-likeness (QED) is 0.444. The molecular weight excluding hydrogens is 270 g/mol. The van der Waals surface area contributed by atoms with Crippen molar-refractivity contribution in [3.8, 4) is 0 Å². The highest BCUT2D eigenvalue weighted by Crippen LogP contribution is 2.19. The lowest BCUT2D eigenvalue weighted by atomic mass is 10.2. The minimum atomic E-state index is -0.886. The van der Waals surface area contributed by atoms with E-state index in [2.05, 4.69) is 10.1 Å². The van der Waals surface area contributed by atoms with Crippen LogP contribution in [0.15, 0.2) is 0 Å². The number of nitrogens with one attached hydrogen (secondary N) is 1. The molecule has 2 aliphatic heterocycles. The first-order valence-electron chi connectivity index (χ1n) is 6.07. The molecule has 2 unspecified atom stereocenters. The lowest BCUT2D eigenvalue weighted by Gasteiger charge is -2.24. The Kier molecular flexibility index (Phi) is 3.89. The molecule has 20 heavy (non-hydrogen) atoms. The maximum absolute atomic E-state index is 12.1. The van der Waals surface area contributed by atoms with E-state index in [1.165, 1.54) is 7.11 Å². The van der Waals surface area contributed by atoms with Gasteiger partial charge in [-0.05, 0) is 0 Å². The Balaban J connectivity index is 2.05. The van der Waals surface area contributed by atoms with Crippen LogP contribution in [0.1, 0.15) is 6.42 Å². The molecule has 2 rings (SSSR count). The number of aliphatic hydroxyl groups excluding tert-OH is 1. The molecule has 2 aliphatic rings. The number of methoxy groups -OCH3 is 1. The molecule has 0 aromatic heterocycles. The van der Waals surface area contributed by atoms with E-state index in [9.17, 15) is 24.3 Å². The smallest absolute Gasteiger partial charge is 0.328 e. The standard InChI is InChI=1S/C11H15N3O6/c1-20-10(18)7-2-6(15)4-13(7)9(17)5-14-8(16)3-12-11(14)19/h6-7,15H,2-5H2,1H3,(H,12,19). The molecule has 0 bridgehead atoms. The number of likely N-dealkylation sites (tertiary alicyclic amines) is 1. The first kappa shape index (κ1) is 14.3. The number of ether oxygens (including phenoxy) is 1. The topological polar surface area (TPSA) is 116 Å². The van der Waals surface area contributed by atoms with Crippen LogP contribution < -0.4 is 5.32 Å². The van der Waals surface area contributed by atoms with Gasteiger partial charge in [-0.2, -0.15) is 0 Å². The van der Waals surface area contributed by atoms with Gasteiger partial charge in [0.1, 0.15) is 12.6 Å². The fraction of sp³-hybridized carbons (Fsp3) is 0.636. The number of rotatable bonds is 3. The average Bonchev–Trinajstić information content (AvgIpc) is 2.95. The number of nitrogens with zero attached hydrogens (tertiary/aromatic N) is 2. The number of imide groups is 1. The number of carbonyl (C=O) groups is 4. The maximum Gasteiger partial charge on any atom is 0.328 e. The summed E-state index contributed by atoms with van der Waals surface area (Å²) in [4.78, 5) is 48.3. The van der Waals surface area contributed by atoms with Crippen molar-refractivity contribution in [2.24, 2.45) is 0 Å². The average molecular weight is 285 g/mol. The summed E-state index contributed by atoms with van der Waals surface area (Å²) in [5.74, 6) is -1.72. The number of esters is 1. The van der Waals surface area contributed by atoms with Crippen molar-refractivity contribution in [1.82, 2.24) is 15.1 Å². The van der Waals surface area contributed by atoms with Crippen molar-refractivity contribution >= 4 is 23.8 Å². The van der Waals surface area contributed by atoms with E-state index in [-0.39, 0.29) is 19.5 Å². The van der Waals surface area contributed by atoms with Gasteiger partial charge in [-0.1, -0.05) is 0 Å². The fourth-order valence-electron chi connectivity index (χ4n) is 2.29. The summed E-state index contributed by atoms with van der Waals surface area (Å²) < 4.78 is 4.57. The number of amides is 4. The molecular formula is C11H15N3O6. The van der Waals surface area contributed by atoms with Crippen molar-refractivity contribution in [2.45, 2.75) is 18.6 Å². The van der Waals surface area contributed by atoms with E-state index < -0.39 is 42.5 Å². The Morgan fingerprint density at radius 1 is 1.45 bits per heavy atom. The first-order valence-corrected chi connectivity index (χ1v) is 6.07. The van der Waals surface area contributed by atoms with Gasteiger partial charge in [0.25, 0.3) is 5.91 Å². The largest absolute Gasteiger partial charge is 0.467 e. The van der Waals surface area contributed by atoms with Gasteiger partial charge in [0, 0.05) is 13.0 Å². The second-order valence-corrected chi connectivity index (χ2v) is 4.61. The van der Waals surface area contributed by atoms with Crippen molar-refractivity contribution in [3.05, 3.63) is 0 Å². The number of hydrogen-bond donors (Lipinski definition) is 2. The van der Waals surface area contributed by atoms with E-state index in [0.29, 0.717) is 0 Å². The molecule has 0 spiro atoms. The van der Waals surface area contributed by atoms with Crippen LogP contribution in [0.3, 0.4) is 0 Å². The number of aliphatic hydroxyl groups is 1. The zero-order valence-corrected chi connectivity index (χ0v) is 10.9. The van der Waals surface area contributed by atoms with Gasteiger partial charge in [0.05, 0.1) is 19.8 Å². The summed E-state index contributed by atoms with van der Waals surface area (Å²) >= 11 is 0. The third kappa shape index (κ3) is 2.57. The summed E-state index contributed by atoms with van der Waals surface area (Å²) in [7, 11) is 1.19. The molecule has 0 aliphatic carbocycles. The van der Waals surface area contributed by atoms with E-state index in [1.807, 2.05) is 0 Å². The van der Waals surface area contributed by atoms with Crippen LogP contribution in [0.25, 0.3) is 0 Å². The Labute approximate surface area is 114 Å². The molecule has 2 atom stereocenters.